The van der Waals surface area contributed by atoms with Crippen molar-refractivity contribution in [1.29, 1.82) is 0 Å². The lowest BCUT2D eigenvalue weighted by Gasteiger charge is -2.38. The predicted octanol–water partition coefficient (Wildman–Crippen LogP) is 0.666. The fourth-order valence-electron chi connectivity index (χ4n) is 2.18. The van der Waals surface area contributed by atoms with Gasteiger partial charge in [-0.15, -0.1) is 0 Å². The number of nitrogens with one attached hydrogen (secondary N) is 2. The molecule has 1 heterocycles. The van der Waals surface area contributed by atoms with Crippen LogP contribution in [0.15, 0.2) is 18.2 Å². The van der Waals surface area contributed by atoms with Gasteiger partial charge in [-0.1, -0.05) is 6.07 Å². The van der Waals surface area contributed by atoms with Crippen LogP contribution in [-0.2, 0) is 14.4 Å². The van der Waals surface area contributed by atoms with E-state index >= 15 is 0 Å². The second-order valence-corrected chi connectivity index (χ2v) is 5.70. The van der Waals surface area contributed by atoms with E-state index in [9.17, 15) is 14.4 Å². The van der Waals surface area contributed by atoms with Crippen LogP contribution in [0.4, 0.5) is 5.69 Å². The molecule has 22 heavy (non-hydrogen) atoms. The number of fused-ring (bicyclic) bond motifs is 1. The molecule has 7 heteroatoms. The number of hydrogen-bond acceptors (Lipinski definition) is 4. The van der Waals surface area contributed by atoms with Gasteiger partial charge >= 0.3 is 0 Å². The summed E-state index contributed by atoms with van der Waals surface area (Å²) in [6.07, 6.45) is 0. The van der Waals surface area contributed by atoms with Gasteiger partial charge in [-0.2, -0.15) is 0 Å². The predicted molar refractivity (Wildman–Crippen MR) is 80.2 cm³/mol. The Hall–Kier alpha value is -2.57. The number of benzene rings is 1. The maximum absolute atomic E-state index is 12.5. The van der Waals surface area contributed by atoms with E-state index in [2.05, 4.69) is 10.9 Å². The highest BCUT2D eigenvalue weighted by Crippen LogP contribution is 2.38. The molecule has 3 amide bonds. The van der Waals surface area contributed by atoms with Crippen LogP contribution >= 0.6 is 0 Å². The van der Waals surface area contributed by atoms with Crippen LogP contribution in [-0.4, -0.2) is 29.9 Å². The molecule has 0 aromatic heterocycles. The molecule has 1 aromatic rings. The van der Waals surface area contributed by atoms with Crippen LogP contribution in [0.5, 0.6) is 5.75 Å². The lowest BCUT2D eigenvalue weighted by Crippen LogP contribution is -2.56. The first-order valence-electron chi connectivity index (χ1n) is 6.88. The Kier molecular flexibility index (Phi) is 4.07. The molecule has 2 rings (SSSR count). The van der Waals surface area contributed by atoms with Crippen molar-refractivity contribution < 1.29 is 19.1 Å². The van der Waals surface area contributed by atoms with Crippen LogP contribution in [0.3, 0.4) is 0 Å². The molecule has 0 aliphatic carbocycles. The van der Waals surface area contributed by atoms with Crippen molar-refractivity contribution in [3.63, 3.8) is 0 Å². The molecule has 0 unspecified atom stereocenters. The smallest absolute Gasteiger partial charge is 0.271 e. The molecule has 0 spiro atoms. The molecule has 118 valence electrons. The van der Waals surface area contributed by atoms with Crippen molar-refractivity contribution in [3.8, 4) is 5.75 Å². The maximum Gasteiger partial charge on any atom is 0.271 e. The van der Waals surface area contributed by atoms with Crippen molar-refractivity contribution in [3.05, 3.63) is 23.8 Å². The molecule has 1 aliphatic rings. The molecule has 0 radical (unpaired) electrons. The van der Waals surface area contributed by atoms with Gasteiger partial charge in [0.05, 0.1) is 5.69 Å². The molecule has 7 nitrogen and oxygen atoms in total. The van der Waals surface area contributed by atoms with Crippen molar-refractivity contribution >= 4 is 23.4 Å². The number of ether oxygens (including phenoxy) is 1. The van der Waals surface area contributed by atoms with Gasteiger partial charge in [0.2, 0.25) is 5.91 Å². The standard InChI is InChI=1S/C15H19N3O4/c1-9-5-6-12-11(7-9)18(14(21)15(3,4)22-12)8-13(20)17-16-10(2)19/h5-7H,8H2,1-4H3,(H,16,19)(H,17,20). The van der Waals surface area contributed by atoms with E-state index in [0.717, 1.165) is 5.56 Å². The zero-order valence-electron chi connectivity index (χ0n) is 13.0. The molecule has 1 aromatic carbocycles. The molecule has 2 N–H and O–H groups in total. The number of nitrogens with zero attached hydrogens (tertiary/aromatic N) is 1. The molecular weight excluding hydrogens is 286 g/mol. The second kappa shape index (κ2) is 5.67. The Morgan fingerprint density at radius 3 is 2.59 bits per heavy atom. The minimum Gasteiger partial charge on any atom is -0.476 e. The Balaban J connectivity index is 2.28. The largest absolute Gasteiger partial charge is 0.476 e. The van der Waals surface area contributed by atoms with Gasteiger partial charge in [-0.05, 0) is 38.5 Å². The van der Waals surface area contributed by atoms with Gasteiger partial charge in [0.15, 0.2) is 5.60 Å². The van der Waals surface area contributed by atoms with Gasteiger partial charge in [-0.3, -0.25) is 30.1 Å². The van der Waals surface area contributed by atoms with Crippen molar-refractivity contribution in [1.82, 2.24) is 10.9 Å². The van der Waals surface area contributed by atoms with Crippen molar-refractivity contribution in [2.24, 2.45) is 0 Å². The Morgan fingerprint density at radius 1 is 1.27 bits per heavy atom. The first-order chi connectivity index (χ1) is 10.2. The fourth-order valence-corrected chi connectivity index (χ4v) is 2.18. The summed E-state index contributed by atoms with van der Waals surface area (Å²) in [4.78, 5) is 36.6. The highest BCUT2D eigenvalue weighted by Gasteiger charge is 2.41. The average molecular weight is 305 g/mol. The summed E-state index contributed by atoms with van der Waals surface area (Å²) in [5, 5.41) is 0. The molecule has 0 bridgehead atoms. The number of carbonyl (C=O) groups is 3. The van der Waals surface area contributed by atoms with Gasteiger partial charge < -0.3 is 4.74 Å². The molecule has 0 saturated carbocycles. The van der Waals surface area contributed by atoms with Gasteiger partial charge in [0.1, 0.15) is 12.3 Å². The highest BCUT2D eigenvalue weighted by atomic mass is 16.5. The van der Waals surface area contributed by atoms with Crippen LogP contribution in [0.2, 0.25) is 0 Å². The number of hydrazine groups is 1. The Bertz CT molecular complexity index is 640. The van der Waals surface area contributed by atoms with Crippen LogP contribution in [0.25, 0.3) is 0 Å². The molecule has 0 atom stereocenters. The lowest BCUT2D eigenvalue weighted by molar-refractivity contribution is -0.134. The van der Waals surface area contributed by atoms with E-state index in [0.29, 0.717) is 11.4 Å². The van der Waals surface area contributed by atoms with Crippen LogP contribution in [0, 0.1) is 6.92 Å². The Morgan fingerprint density at radius 2 is 1.95 bits per heavy atom. The summed E-state index contributed by atoms with van der Waals surface area (Å²) in [7, 11) is 0. The Labute approximate surface area is 128 Å². The lowest BCUT2D eigenvalue weighted by atomic mass is 10.0. The third kappa shape index (κ3) is 3.19. The minimum atomic E-state index is -1.06. The first-order valence-corrected chi connectivity index (χ1v) is 6.88. The molecule has 0 fully saturated rings. The van der Waals surface area contributed by atoms with E-state index in [1.165, 1.54) is 11.8 Å². The summed E-state index contributed by atoms with van der Waals surface area (Å²) >= 11 is 0. The quantitative estimate of drug-likeness (QED) is 0.786. The summed E-state index contributed by atoms with van der Waals surface area (Å²) in [5.41, 5.74) is 4.88. The summed E-state index contributed by atoms with van der Waals surface area (Å²) < 4.78 is 5.70. The zero-order chi connectivity index (χ0) is 16.5. The van der Waals surface area contributed by atoms with E-state index in [-0.39, 0.29) is 12.5 Å². The van der Waals surface area contributed by atoms with E-state index in [4.69, 9.17) is 4.74 Å². The topological polar surface area (TPSA) is 87.7 Å². The summed E-state index contributed by atoms with van der Waals surface area (Å²) in [6, 6.07) is 5.44. The normalized spacial score (nSPS) is 15.6. The summed E-state index contributed by atoms with van der Waals surface area (Å²) in [5.74, 6) is -0.655. The van der Waals surface area contributed by atoms with Crippen molar-refractivity contribution in [2.45, 2.75) is 33.3 Å². The summed E-state index contributed by atoms with van der Waals surface area (Å²) in [6.45, 7) is 6.26. The monoisotopic (exact) mass is 305 g/mol. The second-order valence-electron chi connectivity index (χ2n) is 5.70. The van der Waals surface area contributed by atoms with Gasteiger partial charge in [0, 0.05) is 6.92 Å². The average Bonchev–Trinajstić information content (AvgIpc) is 2.42. The minimum absolute atomic E-state index is 0.206. The highest BCUT2D eigenvalue weighted by molar-refractivity contribution is 6.05. The fraction of sp³-hybridized carbons (Fsp3) is 0.400. The molecule has 0 saturated heterocycles. The maximum atomic E-state index is 12.5. The number of carbonyl (C=O) groups excluding carboxylic acids is 3. The van der Waals surface area contributed by atoms with E-state index in [1.807, 2.05) is 13.0 Å². The van der Waals surface area contributed by atoms with Crippen LogP contribution < -0.4 is 20.5 Å². The van der Waals surface area contributed by atoms with Gasteiger partial charge in [0.25, 0.3) is 11.8 Å². The third-order valence-corrected chi connectivity index (χ3v) is 3.21. The van der Waals surface area contributed by atoms with E-state index in [1.54, 1.807) is 26.0 Å². The first kappa shape index (κ1) is 15.8. The molecule has 1 aliphatic heterocycles. The van der Waals surface area contributed by atoms with Gasteiger partial charge in [-0.25, -0.2) is 0 Å². The van der Waals surface area contributed by atoms with E-state index < -0.39 is 17.4 Å². The number of hydrogen-bond donors (Lipinski definition) is 2. The van der Waals surface area contributed by atoms with Crippen molar-refractivity contribution in [2.75, 3.05) is 11.4 Å². The van der Waals surface area contributed by atoms with Crippen LogP contribution in [0.1, 0.15) is 26.3 Å². The SMILES string of the molecule is CC(=O)NNC(=O)CN1C(=O)C(C)(C)Oc2ccc(C)cc21. The zero-order valence-corrected chi connectivity index (χ0v) is 13.0. The number of anilines is 1. The number of amides is 3. The molecular formula is C15H19N3O4. The number of rotatable bonds is 2. The number of aryl methyl sites for hydroxylation is 1. The third-order valence-electron chi connectivity index (χ3n) is 3.21.